The van der Waals surface area contributed by atoms with Crippen LogP contribution in [0.3, 0.4) is 0 Å². The van der Waals surface area contributed by atoms with Crippen LogP contribution in [0.4, 0.5) is 0 Å². The summed E-state index contributed by atoms with van der Waals surface area (Å²) in [5, 5.41) is 0. The molecule has 0 bridgehead atoms. The molecule has 0 heterocycles. The van der Waals surface area contributed by atoms with Crippen LogP contribution in [0.1, 0.15) is 19.8 Å². The van der Waals surface area contributed by atoms with Crippen molar-refractivity contribution in [2.24, 2.45) is 0 Å². The molecule has 0 aliphatic heterocycles. The number of rotatable bonds is 3. The lowest BCUT2D eigenvalue weighted by molar-refractivity contribution is 0.779. The highest BCUT2D eigenvalue weighted by atomic mass is 32.1. The predicted octanol–water partition coefficient (Wildman–Crippen LogP) is 1.49. The third-order valence-corrected chi connectivity index (χ3v) is 0.837. The van der Waals surface area contributed by atoms with Gasteiger partial charge in [0.15, 0.2) is 0 Å². The highest BCUT2D eigenvalue weighted by Gasteiger charge is 1.74. The van der Waals surface area contributed by atoms with Crippen LogP contribution in [-0.4, -0.2) is 6.54 Å². The third kappa shape index (κ3) is 4.31. The van der Waals surface area contributed by atoms with Crippen molar-refractivity contribution in [3.05, 3.63) is 0 Å². The van der Waals surface area contributed by atoms with Crippen molar-refractivity contribution in [3.63, 3.8) is 0 Å². The number of hydrogen-bond donors (Lipinski definition) is 1. The fraction of sp³-hybridized carbons (Fsp3) is 1.00. The van der Waals surface area contributed by atoms with Gasteiger partial charge < -0.3 is 0 Å². The maximum Gasteiger partial charge on any atom is 0.00667 e. The molecule has 0 saturated heterocycles. The maximum absolute atomic E-state index is 4.47. The minimum Gasteiger partial charge on any atom is -0.254 e. The second kappa shape index (κ2) is 5.31. The summed E-state index contributed by atoms with van der Waals surface area (Å²) >= 11 is 4.47. The van der Waals surface area contributed by atoms with Crippen molar-refractivity contribution >= 4 is 12.8 Å². The number of hydrogen-bond acceptors (Lipinski definition) is 1. The molecule has 1 nitrogen and oxygen atoms in total. The molecule has 0 aliphatic rings. The van der Waals surface area contributed by atoms with Crippen LogP contribution >= 0.6 is 12.8 Å². The zero-order chi connectivity index (χ0) is 4.83. The summed E-state index contributed by atoms with van der Waals surface area (Å²) in [5.74, 6) is 0. The molecule has 6 heavy (non-hydrogen) atoms. The van der Waals surface area contributed by atoms with E-state index in [0.717, 1.165) is 6.54 Å². The Morgan fingerprint density at radius 3 is 2.50 bits per heavy atom. The topological polar surface area (TPSA) is 12.0 Å². The van der Waals surface area contributed by atoms with E-state index in [9.17, 15) is 0 Å². The van der Waals surface area contributed by atoms with Crippen LogP contribution in [0.5, 0.6) is 0 Å². The fourth-order valence-corrected chi connectivity index (χ4v) is 0.393. The molecular weight excluding hydrogens is 94.1 g/mol. The van der Waals surface area contributed by atoms with E-state index in [-0.39, 0.29) is 0 Å². The molecule has 0 amide bonds. The Morgan fingerprint density at radius 2 is 2.33 bits per heavy atom. The summed E-state index contributed by atoms with van der Waals surface area (Å²) < 4.78 is 2.65. The fourth-order valence-electron chi connectivity index (χ4n) is 0.249. The molecule has 2 heteroatoms. The van der Waals surface area contributed by atoms with Gasteiger partial charge in [-0.05, 0) is 6.42 Å². The van der Waals surface area contributed by atoms with Gasteiger partial charge in [-0.15, -0.1) is 0 Å². The standard InChI is InChI=1S/C4H10NS/c1-2-3-4-5-6/h5H,2-4H2,1H3. The minimum atomic E-state index is 0.978. The van der Waals surface area contributed by atoms with E-state index in [0.29, 0.717) is 0 Å². The van der Waals surface area contributed by atoms with Crippen LogP contribution in [0.2, 0.25) is 0 Å². The molecule has 1 N–H and O–H groups in total. The summed E-state index contributed by atoms with van der Waals surface area (Å²) in [5.41, 5.74) is 0. The number of nitrogens with one attached hydrogen (secondary N) is 1. The first-order valence-electron chi connectivity index (χ1n) is 2.26. The first-order valence-corrected chi connectivity index (χ1v) is 2.67. The minimum absolute atomic E-state index is 0.978. The van der Waals surface area contributed by atoms with Crippen molar-refractivity contribution in [1.29, 1.82) is 0 Å². The molecule has 37 valence electrons. The van der Waals surface area contributed by atoms with Gasteiger partial charge in [0.1, 0.15) is 0 Å². The van der Waals surface area contributed by atoms with Crippen molar-refractivity contribution in [3.8, 4) is 0 Å². The van der Waals surface area contributed by atoms with Gasteiger partial charge in [-0.3, -0.25) is 4.72 Å². The summed E-state index contributed by atoms with van der Waals surface area (Å²) in [4.78, 5) is 0. The van der Waals surface area contributed by atoms with Gasteiger partial charge in [0.25, 0.3) is 0 Å². The van der Waals surface area contributed by atoms with Crippen molar-refractivity contribution in [2.45, 2.75) is 19.8 Å². The third-order valence-electron chi connectivity index (χ3n) is 0.632. The zero-order valence-corrected chi connectivity index (χ0v) is 4.85. The second-order valence-corrected chi connectivity index (χ2v) is 1.54. The van der Waals surface area contributed by atoms with Crippen LogP contribution < -0.4 is 4.72 Å². The Balaban J connectivity index is 2.34. The Morgan fingerprint density at radius 1 is 1.67 bits per heavy atom. The lowest BCUT2D eigenvalue weighted by Gasteiger charge is -1.87. The van der Waals surface area contributed by atoms with E-state index in [1.54, 1.807) is 0 Å². The molecule has 1 radical (unpaired) electrons. The Hall–Kier alpha value is 0.310. The van der Waals surface area contributed by atoms with Gasteiger partial charge in [0, 0.05) is 19.4 Å². The van der Waals surface area contributed by atoms with Gasteiger partial charge >= 0.3 is 0 Å². The predicted molar refractivity (Wildman–Crippen MR) is 30.5 cm³/mol. The summed E-state index contributed by atoms with van der Waals surface area (Å²) in [6.45, 7) is 3.12. The molecule has 0 fully saturated rings. The van der Waals surface area contributed by atoms with Gasteiger partial charge in [0.2, 0.25) is 0 Å². The molecular formula is C4H10NS. The van der Waals surface area contributed by atoms with Gasteiger partial charge in [-0.2, -0.15) is 0 Å². The molecule has 0 saturated carbocycles. The van der Waals surface area contributed by atoms with E-state index in [2.05, 4.69) is 24.5 Å². The quantitative estimate of drug-likeness (QED) is 0.535. The first-order chi connectivity index (χ1) is 2.91. The van der Waals surface area contributed by atoms with E-state index in [1.165, 1.54) is 12.8 Å². The van der Waals surface area contributed by atoms with Crippen molar-refractivity contribution in [2.75, 3.05) is 6.54 Å². The Bertz CT molecular complexity index is 19.5. The van der Waals surface area contributed by atoms with E-state index >= 15 is 0 Å². The summed E-state index contributed by atoms with van der Waals surface area (Å²) in [7, 11) is 0. The molecule has 0 atom stereocenters. The monoisotopic (exact) mass is 104 g/mol. The molecule has 0 aromatic carbocycles. The second-order valence-electron chi connectivity index (χ2n) is 1.25. The van der Waals surface area contributed by atoms with E-state index in [1.807, 2.05) is 0 Å². The lowest BCUT2D eigenvalue weighted by Crippen LogP contribution is -1.98. The average molecular weight is 104 g/mol. The van der Waals surface area contributed by atoms with Crippen LogP contribution in [0.15, 0.2) is 0 Å². The van der Waals surface area contributed by atoms with Gasteiger partial charge in [-0.1, -0.05) is 13.3 Å². The molecule has 0 aromatic heterocycles. The van der Waals surface area contributed by atoms with Gasteiger partial charge in [-0.25, -0.2) is 0 Å². The number of unbranched alkanes of at least 4 members (excludes halogenated alkanes) is 1. The highest BCUT2D eigenvalue weighted by Crippen LogP contribution is 1.81. The maximum atomic E-state index is 4.47. The van der Waals surface area contributed by atoms with Crippen LogP contribution in [-0.2, 0) is 0 Å². The van der Waals surface area contributed by atoms with Crippen molar-refractivity contribution < 1.29 is 0 Å². The normalized spacial score (nSPS) is 9.00. The lowest BCUT2D eigenvalue weighted by atomic mass is 10.3. The Kier molecular flexibility index (Phi) is 5.58. The molecule has 0 unspecified atom stereocenters. The molecule has 0 spiro atoms. The highest BCUT2D eigenvalue weighted by molar-refractivity contribution is 7.78. The summed E-state index contributed by atoms with van der Waals surface area (Å²) in [6, 6.07) is 0. The first kappa shape index (κ1) is 6.31. The zero-order valence-electron chi connectivity index (χ0n) is 4.03. The smallest absolute Gasteiger partial charge is 0.00667 e. The average Bonchev–Trinajstić information content (AvgIpc) is 1.61. The Labute approximate surface area is 44.7 Å². The van der Waals surface area contributed by atoms with Crippen LogP contribution in [0.25, 0.3) is 0 Å². The van der Waals surface area contributed by atoms with E-state index in [4.69, 9.17) is 0 Å². The van der Waals surface area contributed by atoms with Gasteiger partial charge in [0.05, 0.1) is 0 Å². The summed E-state index contributed by atoms with van der Waals surface area (Å²) in [6.07, 6.45) is 2.42. The van der Waals surface area contributed by atoms with Crippen LogP contribution in [0, 0.1) is 0 Å². The molecule has 0 aliphatic carbocycles. The molecule has 0 aromatic rings. The largest absolute Gasteiger partial charge is 0.254 e. The van der Waals surface area contributed by atoms with E-state index < -0.39 is 0 Å². The molecule has 0 rings (SSSR count). The van der Waals surface area contributed by atoms with Crippen molar-refractivity contribution in [1.82, 2.24) is 4.72 Å². The SMILES string of the molecule is CCCCN[S].